The minimum absolute atomic E-state index is 0.987. The van der Waals surface area contributed by atoms with Crippen LogP contribution in [0.2, 0.25) is 0 Å². The highest BCUT2D eigenvalue weighted by Crippen LogP contribution is 2.21. The average molecular weight is 321 g/mol. The molecule has 0 heterocycles. The lowest BCUT2D eigenvalue weighted by Gasteiger charge is -2.14. The van der Waals surface area contributed by atoms with Gasteiger partial charge in [-0.05, 0) is 18.8 Å². The van der Waals surface area contributed by atoms with Crippen LogP contribution in [0.1, 0.15) is 130 Å². The van der Waals surface area contributed by atoms with Crippen LogP contribution in [-0.4, -0.2) is 0 Å². The zero-order valence-corrected chi connectivity index (χ0v) is 16.6. The molecule has 0 saturated carbocycles. The summed E-state index contributed by atoms with van der Waals surface area (Å²) in [5.41, 5.74) is 0. The fourth-order valence-corrected chi connectivity index (χ4v) is 3.33. The first-order valence-corrected chi connectivity index (χ1v) is 10.8. The van der Waals surface area contributed by atoms with Gasteiger partial charge >= 0.3 is 0 Å². The van der Waals surface area contributed by atoms with Gasteiger partial charge in [0.05, 0.1) is 0 Å². The van der Waals surface area contributed by atoms with Crippen LogP contribution >= 0.6 is 0 Å². The Labute approximate surface area is 148 Å². The van der Waals surface area contributed by atoms with Crippen LogP contribution < -0.4 is 0 Å². The molecule has 23 heavy (non-hydrogen) atoms. The summed E-state index contributed by atoms with van der Waals surface area (Å²) in [6.45, 7) is 6.92. The van der Waals surface area contributed by atoms with Crippen LogP contribution in [0.5, 0.6) is 0 Å². The molecule has 0 bridgehead atoms. The third-order valence-electron chi connectivity index (χ3n) is 4.86. The molecule has 1 unspecified atom stereocenters. The zero-order valence-electron chi connectivity index (χ0n) is 16.6. The third kappa shape index (κ3) is 17.7. The lowest BCUT2D eigenvalue weighted by atomic mass is 9.91. The lowest BCUT2D eigenvalue weighted by molar-refractivity contribution is 0.388. The zero-order chi connectivity index (χ0) is 17.0. The minimum Gasteiger partial charge on any atom is -0.103 e. The Morgan fingerprint density at radius 1 is 0.478 bits per heavy atom. The van der Waals surface area contributed by atoms with E-state index in [2.05, 4.69) is 32.6 Å². The van der Waals surface area contributed by atoms with E-state index in [-0.39, 0.29) is 0 Å². The predicted octanol–water partition coefficient (Wildman–Crippen LogP) is 8.30. The van der Waals surface area contributed by atoms with E-state index in [1.54, 1.807) is 0 Å². The van der Waals surface area contributed by atoms with Crippen molar-refractivity contribution in [3.05, 3.63) is 0 Å². The molecule has 0 heteroatoms. The predicted molar refractivity (Wildman–Crippen MR) is 107 cm³/mol. The molecule has 0 N–H and O–H groups in total. The van der Waals surface area contributed by atoms with Gasteiger partial charge in [0.1, 0.15) is 0 Å². The van der Waals surface area contributed by atoms with Crippen LogP contribution in [0.25, 0.3) is 0 Å². The molecule has 0 saturated heterocycles. The van der Waals surface area contributed by atoms with Gasteiger partial charge in [-0.25, -0.2) is 0 Å². The fraction of sp³-hybridized carbons (Fsp3) is 0.913. The van der Waals surface area contributed by atoms with Crippen molar-refractivity contribution in [3.63, 3.8) is 0 Å². The molecular weight excluding hydrogens is 276 g/mol. The van der Waals surface area contributed by atoms with Gasteiger partial charge in [-0.2, -0.15) is 0 Å². The first-order valence-electron chi connectivity index (χ1n) is 10.8. The number of rotatable bonds is 16. The highest BCUT2D eigenvalue weighted by molar-refractivity contribution is 4.98. The minimum atomic E-state index is 0.987. The van der Waals surface area contributed by atoms with E-state index in [4.69, 9.17) is 0 Å². The van der Waals surface area contributed by atoms with Crippen molar-refractivity contribution in [1.82, 2.24) is 0 Å². The quantitative estimate of drug-likeness (QED) is 0.198. The molecule has 0 nitrogen and oxygen atoms in total. The topological polar surface area (TPSA) is 0 Å². The maximum absolute atomic E-state index is 3.40. The number of hydrogen-bond acceptors (Lipinski definition) is 0. The summed E-state index contributed by atoms with van der Waals surface area (Å²) in [7, 11) is 0. The number of unbranched alkanes of at least 4 members (excludes halogenated alkanes) is 10. The van der Waals surface area contributed by atoms with Gasteiger partial charge in [-0.1, -0.05) is 104 Å². The van der Waals surface area contributed by atoms with Crippen molar-refractivity contribution in [2.24, 2.45) is 5.92 Å². The molecule has 0 radical (unpaired) electrons. The lowest BCUT2D eigenvalue weighted by Crippen LogP contribution is -2.00. The van der Waals surface area contributed by atoms with Crippen molar-refractivity contribution >= 4 is 0 Å². The molecule has 136 valence electrons. The highest BCUT2D eigenvalue weighted by atomic mass is 14.1. The second-order valence-electron chi connectivity index (χ2n) is 7.27. The number of hydrogen-bond donors (Lipinski definition) is 0. The molecule has 0 rings (SSSR count). The SMILES string of the molecule is CCCCCCCCCC#CCCCCC(CCC)CCCC. The maximum atomic E-state index is 3.40. The summed E-state index contributed by atoms with van der Waals surface area (Å²) < 4.78 is 0. The largest absolute Gasteiger partial charge is 0.103 e. The Morgan fingerprint density at radius 2 is 1.00 bits per heavy atom. The van der Waals surface area contributed by atoms with Crippen LogP contribution in [0.4, 0.5) is 0 Å². The van der Waals surface area contributed by atoms with E-state index in [0.29, 0.717) is 0 Å². The summed E-state index contributed by atoms with van der Waals surface area (Å²) in [5, 5.41) is 0. The Balaban J connectivity index is 3.39. The van der Waals surface area contributed by atoms with Crippen LogP contribution in [0.15, 0.2) is 0 Å². The van der Waals surface area contributed by atoms with Crippen LogP contribution in [0, 0.1) is 17.8 Å². The second-order valence-corrected chi connectivity index (χ2v) is 7.27. The first kappa shape index (κ1) is 22.6. The molecule has 0 aromatic heterocycles. The molecule has 0 fully saturated rings. The van der Waals surface area contributed by atoms with Crippen molar-refractivity contribution in [2.45, 2.75) is 130 Å². The van der Waals surface area contributed by atoms with E-state index in [9.17, 15) is 0 Å². The molecular formula is C23H44. The smallest absolute Gasteiger partial charge is 0.00886 e. The van der Waals surface area contributed by atoms with Crippen molar-refractivity contribution in [3.8, 4) is 11.8 Å². The molecule has 0 aliphatic carbocycles. The van der Waals surface area contributed by atoms with Gasteiger partial charge in [0, 0.05) is 12.8 Å². The van der Waals surface area contributed by atoms with Crippen molar-refractivity contribution in [2.75, 3.05) is 0 Å². The van der Waals surface area contributed by atoms with Gasteiger partial charge in [-0.15, -0.1) is 11.8 Å². The third-order valence-corrected chi connectivity index (χ3v) is 4.86. The summed E-state index contributed by atoms with van der Waals surface area (Å²) in [6, 6.07) is 0. The van der Waals surface area contributed by atoms with Gasteiger partial charge < -0.3 is 0 Å². The summed E-state index contributed by atoms with van der Waals surface area (Å²) in [4.78, 5) is 0. The molecule has 0 amide bonds. The molecule has 0 aliphatic rings. The van der Waals surface area contributed by atoms with Crippen molar-refractivity contribution < 1.29 is 0 Å². The molecule has 1 atom stereocenters. The van der Waals surface area contributed by atoms with Crippen LogP contribution in [0.3, 0.4) is 0 Å². The Kier molecular flexibility index (Phi) is 19.2. The normalized spacial score (nSPS) is 12.0. The Morgan fingerprint density at radius 3 is 1.61 bits per heavy atom. The van der Waals surface area contributed by atoms with E-state index < -0.39 is 0 Å². The van der Waals surface area contributed by atoms with E-state index in [1.165, 1.54) is 96.3 Å². The summed E-state index contributed by atoms with van der Waals surface area (Å²) in [6.07, 6.45) is 23.1. The molecule has 0 aromatic rings. The van der Waals surface area contributed by atoms with E-state index >= 15 is 0 Å². The summed E-state index contributed by atoms with van der Waals surface area (Å²) >= 11 is 0. The fourth-order valence-electron chi connectivity index (χ4n) is 3.33. The van der Waals surface area contributed by atoms with Gasteiger partial charge in [0.25, 0.3) is 0 Å². The molecule has 0 spiro atoms. The van der Waals surface area contributed by atoms with Crippen LogP contribution in [-0.2, 0) is 0 Å². The molecule has 0 aromatic carbocycles. The second kappa shape index (κ2) is 19.6. The Hall–Kier alpha value is -0.440. The maximum Gasteiger partial charge on any atom is 0.00886 e. The van der Waals surface area contributed by atoms with Gasteiger partial charge in [0.15, 0.2) is 0 Å². The van der Waals surface area contributed by atoms with Gasteiger partial charge in [0.2, 0.25) is 0 Å². The molecule has 0 aliphatic heterocycles. The average Bonchev–Trinajstić information content (AvgIpc) is 2.56. The first-order chi connectivity index (χ1) is 11.3. The standard InChI is InChI=1S/C23H44/c1-4-7-9-10-11-12-13-14-15-16-17-18-19-22-23(20-6-3)21-8-5-2/h23H,4-14,17-22H2,1-3H3. The summed E-state index contributed by atoms with van der Waals surface area (Å²) in [5.74, 6) is 7.77. The highest BCUT2D eigenvalue weighted by Gasteiger charge is 2.06. The Bertz CT molecular complexity index is 267. The van der Waals surface area contributed by atoms with Gasteiger partial charge in [-0.3, -0.25) is 0 Å². The van der Waals surface area contributed by atoms with E-state index in [1.807, 2.05) is 0 Å². The van der Waals surface area contributed by atoms with Crippen molar-refractivity contribution in [1.29, 1.82) is 0 Å². The van der Waals surface area contributed by atoms with E-state index in [0.717, 1.165) is 18.8 Å². The monoisotopic (exact) mass is 320 g/mol.